The van der Waals surface area contributed by atoms with Gasteiger partial charge >= 0.3 is 0 Å². The summed E-state index contributed by atoms with van der Waals surface area (Å²) >= 11 is 0. The standard InChI is InChI=1S/C26H35F2N5O3S/c1-17(2)30-23(34)12-19-14-29-33(16-19)37(35,36)20-6-7-22-21(13-20)31-24(25(3,4)5)32(22)15-18-8-10-26(27,28)11-9-18/h6-7,13-14,16-18H,8-12,15H2,1-5H3,(H,30,34). The molecular formula is C26H35F2N5O3S. The number of amides is 1. The number of carbonyl (C=O) groups excluding carboxylic acids is 1. The van der Waals surface area contributed by atoms with Crippen LogP contribution in [0, 0.1) is 5.92 Å². The molecule has 4 rings (SSSR count). The van der Waals surface area contributed by atoms with Crippen molar-refractivity contribution in [3.05, 3.63) is 42.0 Å². The molecule has 0 aliphatic heterocycles. The van der Waals surface area contributed by atoms with Crippen LogP contribution in [-0.4, -0.2) is 45.0 Å². The van der Waals surface area contributed by atoms with Gasteiger partial charge in [0.1, 0.15) is 5.82 Å². The zero-order chi connectivity index (χ0) is 27.2. The van der Waals surface area contributed by atoms with Crippen molar-refractivity contribution >= 4 is 27.0 Å². The largest absolute Gasteiger partial charge is 0.354 e. The van der Waals surface area contributed by atoms with Gasteiger partial charge in [0.05, 0.1) is 28.5 Å². The highest BCUT2D eigenvalue weighted by Gasteiger charge is 2.36. The van der Waals surface area contributed by atoms with Crippen LogP contribution in [0.15, 0.2) is 35.5 Å². The molecule has 1 amide bonds. The number of aromatic nitrogens is 4. The van der Waals surface area contributed by atoms with Gasteiger partial charge in [0.25, 0.3) is 10.0 Å². The third-order valence-corrected chi connectivity index (χ3v) is 8.18. The Balaban J connectivity index is 1.64. The Kier molecular flexibility index (Phi) is 7.22. The van der Waals surface area contributed by atoms with Crippen LogP contribution in [0.1, 0.15) is 71.7 Å². The van der Waals surface area contributed by atoms with Gasteiger partial charge in [0, 0.05) is 42.6 Å². The van der Waals surface area contributed by atoms with E-state index in [1.54, 1.807) is 6.07 Å². The minimum Gasteiger partial charge on any atom is -0.354 e. The number of hydrogen-bond acceptors (Lipinski definition) is 5. The Morgan fingerprint density at radius 2 is 1.89 bits per heavy atom. The Hall–Kier alpha value is -2.82. The van der Waals surface area contributed by atoms with E-state index in [4.69, 9.17) is 4.98 Å². The van der Waals surface area contributed by atoms with E-state index in [1.807, 2.05) is 34.6 Å². The first-order valence-electron chi connectivity index (χ1n) is 12.6. The third kappa shape index (κ3) is 6.02. The minimum absolute atomic E-state index is 0.0186. The Labute approximate surface area is 216 Å². The maximum absolute atomic E-state index is 13.7. The van der Waals surface area contributed by atoms with Gasteiger partial charge in [-0.1, -0.05) is 20.8 Å². The summed E-state index contributed by atoms with van der Waals surface area (Å²) in [6.45, 7) is 10.3. The van der Waals surface area contributed by atoms with Crippen molar-refractivity contribution in [2.24, 2.45) is 5.92 Å². The van der Waals surface area contributed by atoms with E-state index in [0.717, 1.165) is 15.4 Å². The number of hydrogen-bond donors (Lipinski definition) is 1. The molecular weight excluding hydrogens is 500 g/mol. The quantitative estimate of drug-likeness (QED) is 0.475. The maximum Gasteiger partial charge on any atom is 0.283 e. The fourth-order valence-corrected chi connectivity index (χ4v) is 5.96. The summed E-state index contributed by atoms with van der Waals surface area (Å²) in [6, 6.07) is 4.75. The Bertz CT molecular complexity index is 1390. The molecule has 0 saturated heterocycles. The fraction of sp³-hybridized carbons (Fsp3) is 0.577. The van der Waals surface area contributed by atoms with E-state index in [1.165, 1.54) is 24.5 Å². The van der Waals surface area contributed by atoms with Crippen molar-refractivity contribution in [1.29, 1.82) is 0 Å². The van der Waals surface area contributed by atoms with Gasteiger partial charge in [0.15, 0.2) is 0 Å². The van der Waals surface area contributed by atoms with Crippen LogP contribution < -0.4 is 5.32 Å². The van der Waals surface area contributed by atoms with Gasteiger partial charge in [-0.25, -0.2) is 13.8 Å². The van der Waals surface area contributed by atoms with Gasteiger partial charge in [-0.15, -0.1) is 0 Å². The van der Waals surface area contributed by atoms with E-state index in [9.17, 15) is 22.0 Å². The molecule has 1 aliphatic rings. The molecule has 2 aromatic heterocycles. The van der Waals surface area contributed by atoms with Crippen molar-refractivity contribution in [2.45, 2.75) is 95.5 Å². The predicted molar refractivity (Wildman–Crippen MR) is 137 cm³/mol. The monoisotopic (exact) mass is 535 g/mol. The van der Waals surface area contributed by atoms with Gasteiger partial charge in [-0.2, -0.15) is 17.6 Å². The molecule has 0 spiro atoms. The van der Waals surface area contributed by atoms with Gasteiger partial charge < -0.3 is 9.88 Å². The first-order chi connectivity index (χ1) is 17.2. The number of nitrogens with zero attached hydrogens (tertiary/aromatic N) is 4. The second-order valence-corrected chi connectivity index (χ2v) is 13.2. The lowest BCUT2D eigenvalue weighted by Crippen LogP contribution is -2.31. The lowest BCUT2D eigenvalue weighted by molar-refractivity contribution is -0.120. The van der Waals surface area contributed by atoms with Crippen LogP contribution in [0.25, 0.3) is 11.0 Å². The topological polar surface area (TPSA) is 98.9 Å². The van der Waals surface area contributed by atoms with Crippen molar-refractivity contribution in [3.8, 4) is 0 Å². The summed E-state index contributed by atoms with van der Waals surface area (Å²) < 4.78 is 56.9. The summed E-state index contributed by atoms with van der Waals surface area (Å²) in [5.74, 6) is -1.91. The SMILES string of the molecule is CC(C)NC(=O)Cc1cnn(S(=O)(=O)c2ccc3c(c2)nc(C(C)(C)C)n3CC2CCC(F)(F)CC2)c1. The van der Waals surface area contributed by atoms with Crippen LogP contribution in [0.3, 0.4) is 0 Å². The number of imidazole rings is 1. The number of carbonyl (C=O) groups is 1. The highest BCUT2D eigenvalue weighted by Crippen LogP contribution is 2.38. The van der Waals surface area contributed by atoms with Gasteiger partial charge in [0.2, 0.25) is 11.8 Å². The number of nitrogens with one attached hydrogen (secondary N) is 1. The summed E-state index contributed by atoms with van der Waals surface area (Å²) in [6.07, 6.45) is 3.41. The maximum atomic E-state index is 13.7. The van der Waals surface area contributed by atoms with Crippen molar-refractivity contribution in [1.82, 2.24) is 24.1 Å². The molecule has 0 unspecified atom stereocenters. The number of rotatable bonds is 7. The van der Waals surface area contributed by atoms with E-state index in [0.29, 0.717) is 30.5 Å². The molecule has 1 saturated carbocycles. The number of halogens is 2. The van der Waals surface area contributed by atoms with E-state index >= 15 is 0 Å². The van der Waals surface area contributed by atoms with E-state index in [2.05, 4.69) is 15.0 Å². The molecule has 1 N–H and O–H groups in total. The lowest BCUT2D eigenvalue weighted by Gasteiger charge is -2.30. The van der Waals surface area contributed by atoms with Crippen LogP contribution in [0.2, 0.25) is 0 Å². The average Bonchev–Trinajstić information content (AvgIpc) is 3.39. The first-order valence-corrected chi connectivity index (χ1v) is 14.1. The van der Waals surface area contributed by atoms with Gasteiger partial charge in [-0.3, -0.25) is 4.79 Å². The normalized spacial score (nSPS) is 17.0. The smallest absolute Gasteiger partial charge is 0.283 e. The predicted octanol–water partition coefficient (Wildman–Crippen LogP) is 4.66. The molecule has 0 atom stereocenters. The second kappa shape index (κ2) is 9.81. The molecule has 3 aromatic rings. The Morgan fingerprint density at radius 3 is 2.51 bits per heavy atom. The molecule has 11 heteroatoms. The number of alkyl halides is 2. The van der Waals surface area contributed by atoms with Crippen LogP contribution in [0.4, 0.5) is 8.78 Å². The molecule has 1 fully saturated rings. The first kappa shape index (κ1) is 27.2. The van der Waals surface area contributed by atoms with Gasteiger partial charge in [-0.05, 0) is 50.8 Å². The fourth-order valence-electron chi connectivity index (χ4n) is 4.80. The van der Waals surface area contributed by atoms with E-state index in [-0.39, 0.29) is 47.4 Å². The summed E-state index contributed by atoms with van der Waals surface area (Å²) in [5.41, 5.74) is 1.45. The molecule has 8 nitrogen and oxygen atoms in total. The van der Waals surface area contributed by atoms with Crippen molar-refractivity contribution in [2.75, 3.05) is 0 Å². The van der Waals surface area contributed by atoms with E-state index < -0.39 is 15.9 Å². The zero-order valence-corrected chi connectivity index (χ0v) is 22.8. The Morgan fingerprint density at radius 1 is 1.22 bits per heavy atom. The molecule has 1 aliphatic carbocycles. The van der Waals surface area contributed by atoms with Crippen molar-refractivity contribution in [3.63, 3.8) is 0 Å². The lowest BCUT2D eigenvalue weighted by atomic mass is 9.86. The summed E-state index contributed by atoms with van der Waals surface area (Å²) in [4.78, 5) is 16.9. The number of fused-ring (bicyclic) bond motifs is 1. The van der Waals surface area contributed by atoms with Crippen molar-refractivity contribution < 1.29 is 22.0 Å². The molecule has 2 heterocycles. The minimum atomic E-state index is -4.01. The second-order valence-electron chi connectivity index (χ2n) is 11.4. The third-order valence-electron chi connectivity index (χ3n) is 6.64. The van der Waals surface area contributed by atoms with Crippen LogP contribution >= 0.6 is 0 Å². The molecule has 0 radical (unpaired) electrons. The van der Waals surface area contributed by atoms with Crippen LogP contribution in [0.5, 0.6) is 0 Å². The molecule has 202 valence electrons. The summed E-state index contributed by atoms with van der Waals surface area (Å²) in [5, 5.41) is 6.76. The molecule has 37 heavy (non-hydrogen) atoms. The van der Waals surface area contributed by atoms with Crippen LogP contribution in [-0.2, 0) is 33.2 Å². The highest BCUT2D eigenvalue weighted by molar-refractivity contribution is 7.89. The number of benzene rings is 1. The summed E-state index contributed by atoms with van der Waals surface area (Å²) in [7, 11) is -4.01. The molecule has 1 aromatic carbocycles. The molecule has 0 bridgehead atoms. The average molecular weight is 536 g/mol. The highest BCUT2D eigenvalue weighted by atomic mass is 32.2. The zero-order valence-electron chi connectivity index (χ0n) is 22.0.